The van der Waals surface area contributed by atoms with Crippen LogP contribution in [0, 0.1) is 0 Å². The lowest BCUT2D eigenvalue weighted by molar-refractivity contribution is -0.154. The molecule has 5 atom stereocenters. The average molecular weight is 473 g/mol. The van der Waals surface area contributed by atoms with Crippen LogP contribution in [-0.4, -0.2) is 49.7 Å². The third-order valence-corrected chi connectivity index (χ3v) is 7.03. The van der Waals surface area contributed by atoms with Crippen LogP contribution in [0.5, 0.6) is 0 Å². The fraction of sp³-hybridized carbons (Fsp3) is 0.690. The van der Waals surface area contributed by atoms with Gasteiger partial charge in [-0.05, 0) is 64.9 Å². The van der Waals surface area contributed by atoms with E-state index in [-0.39, 0.29) is 42.9 Å². The Bertz CT molecular complexity index is 750. The summed E-state index contributed by atoms with van der Waals surface area (Å²) in [5, 5.41) is 0. The molecule has 0 aliphatic carbocycles. The average Bonchev–Trinajstić information content (AvgIpc) is 2.82. The van der Waals surface area contributed by atoms with E-state index in [0.717, 1.165) is 44.9 Å². The molecule has 3 saturated heterocycles. The molecule has 0 aromatic rings. The van der Waals surface area contributed by atoms with Crippen molar-refractivity contribution in [1.29, 1.82) is 0 Å². The Morgan fingerprint density at radius 2 is 1.68 bits per heavy atom. The van der Waals surface area contributed by atoms with Gasteiger partial charge in [-0.15, -0.1) is 0 Å². The third-order valence-electron chi connectivity index (χ3n) is 7.03. The summed E-state index contributed by atoms with van der Waals surface area (Å²) < 4.78 is 24.5. The maximum atomic E-state index is 12.8. The van der Waals surface area contributed by atoms with Crippen LogP contribution in [0.15, 0.2) is 47.6 Å². The Labute approximate surface area is 206 Å². The number of hydrogen-bond donors (Lipinski definition) is 0. The molecule has 3 fully saturated rings. The van der Waals surface area contributed by atoms with Crippen molar-refractivity contribution in [2.75, 3.05) is 13.2 Å². The zero-order valence-electron chi connectivity index (χ0n) is 21.4. The Morgan fingerprint density at radius 3 is 2.50 bits per heavy atom. The molecule has 5 unspecified atom stereocenters. The second-order valence-electron chi connectivity index (χ2n) is 9.84. The Hall–Kier alpha value is -1.69. The highest BCUT2D eigenvalue weighted by atomic mass is 16.6. The molecule has 3 rings (SSSR count). The lowest BCUT2D eigenvalue weighted by Gasteiger charge is -2.36. The first-order valence-electron chi connectivity index (χ1n) is 13.3. The van der Waals surface area contributed by atoms with Crippen LogP contribution in [0.3, 0.4) is 0 Å². The van der Waals surface area contributed by atoms with Gasteiger partial charge in [-0.1, -0.05) is 48.5 Å². The van der Waals surface area contributed by atoms with Crippen LogP contribution < -0.4 is 0 Å². The van der Waals surface area contributed by atoms with E-state index in [4.69, 9.17) is 18.9 Å². The minimum absolute atomic E-state index is 0.103. The first kappa shape index (κ1) is 26.9. The summed E-state index contributed by atoms with van der Waals surface area (Å²) in [5.74, 6) is -0.206. The van der Waals surface area contributed by atoms with Gasteiger partial charge in [0.15, 0.2) is 0 Å². The number of hydrogen-bond acceptors (Lipinski definition) is 5. The fourth-order valence-electron chi connectivity index (χ4n) is 4.90. The molecule has 0 spiro atoms. The number of carbonyl (C=O) groups is 1. The van der Waals surface area contributed by atoms with Crippen molar-refractivity contribution in [2.24, 2.45) is 0 Å². The summed E-state index contributed by atoms with van der Waals surface area (Å²) in [6.07, 6.45) is 21.2. The summed E-state index contributed by atoms with van der Waals surface area (Å²) >= 11 is 0. The normalized spacial score (nSPS) is 34.0. The van der Waals surface area contributed by atoms with E-state index in [1.54, 1.807) is 0 Å². The van der Waals surface area contributed by atoms with Crippen molar-refractivity contribution >= 4 is 5.97 Å². The molecular weight excluding hydrogens is 428 g/mol. The van der Waals surface area contributed by atoms with Gasteiger partial charge in [0.05, 0.1) is 37.4 Å². The molecule has 190 valence electrons. The summed E-state index contributed by atoms with van der Waals surface area (Å²) in [6, 6.07) is 0. The Kier molecular flexibility index (Phi) is 11.6. The van der Waals surface area contributed by atoms with Crippen molar-refractivity contribution in [3.05, 3.63) is 47.6 Å². The van der Waals surface area contributed by atoms with Gasteiger partial charge in [-0.3, -0.25) is 4.79 Å². The number of rotatable bonds is 4. The van der Waals surface area contributed by atoms with Gasteiger partial charge in [0.25, 0.3) is 0 Å². The molecule has 0 N–H and O–H groups in total. The van der Waals surface area contributed by atoms with E-state index in [2.05, 4.69) is 32.9 Å². The van der Waals surface area contributed by atoms with Crippen molar-refractivity contribution in [3.8, 4) is 0 Å². The predicted molar refractivity (Wildman–Crippen MR) is 136 cm³/mol. The number of cyclic esters (lactones) is 1. The van der Waals surface area contributed by atoms with Gasteiger partial charge in [-0.2, -0.15) is 0 Å². The lowest BCUT2D eigenvalue weighted by Crippen LogP contribution is -2.37. The van der Waals surface area contributed by atoms with E-state index in [1.165, 1.54) is 17.6 Å². The predicted octanol–water partition coefficient (Wildman–Crippen LogP) is 6.39. The largest absolute Gasteiger partial charge is 0.458 e. The Morgan fingerprint density at radius 1 is 0.912 bits per heavy atom. The second kappa shape index (κ2) is 14.7. The molecule has 0 saturated carbocycles. The maximum Gasteiger partial charge on any atom is 0.309 e. The first-order chi connectivity index (χ1) is 16.6. The minimum atomic E-state index is -0.308. The summed E-state index contributed by atoms with van der Waals surface area (Å²) in [6.45, 7) is 7.57. The van der Waals surface area contributed by atoms with E-state index < -0.39 is 0 Å². The van der Waals surface area contributed by atoms with E-state index in [9.17, 15) is 4.79 Å². The smallest absolute Gasteiger partial charge is 0.309 e. The zero-order valence-corrected chi connectivity index (χ0v) is 21.4. The minimum Gasteiger partial charge on any atom is -0.458 e. The lowest BCUT2D eigenvalue weighted by atomic mass is 9.91. The second-order valence-corrected chi connectivity index (χ2v) is 9.84. The molecule has 3 aliphatic rings. The Balaban J connectivity index is 1.66. The van der Waals surface area contributed by atoms with Gasteiger partial charge in [0, 0.05) is 19.4 Å². The molecule has 3 heterocycles. The molecule has 0 radical (unpaired) electrons. The molecule has 3 aliphatic heterocycles. The van der Waals surface area contributed by atoms with Crippen LogP contribution in [0.2, 0.25) is 0 Å². The van der Waals surface area contributed by atoms with Crippen LogP contribution in [-0.2, 0) is 23.7 Å². The molecule has 0 aromatic carbocycles. The van der Waals surface area contributed by atoms with Gasteiger partial charge < -0.3 is 18.9 Å². The van der Waals surface area contributed by atoms with Crippen molar-refractivity contribution < 1.29 is 23.7 Å². The summed E-state index contributed by atoms with van der Waals surface area (Å²) in [5.41, 5.74) is 2.70. The van der Waals surface area contributed by atoms with E-state index in [1.807, 2.05) is 24.3 Å². The maximum absolute atomic E-state index is 12.8. The molecule has 34 heavy (non-hydrogen) atoms. The number of esters is 1. The molecule has 4 bridgehead atoms. The van der Waals surface area contributed by atoms with Gasteiger partial charge >= 0.3 is 5.97 Å². The monoisotopic (exact) mass is 472 g/mol. The van der Waals surface area contributed by atoms with Gasteiger partial charge in [-0.25, -0.2) is 0 Å². The fourth-order valence-corrected chi connectivity index (χ4v) is 4.90. The van der Waals surface area contributed by atoms with Crippen LogP contribution in [0.1, 0.15) is 85.0 Å². The van der Waals surface area contributed by atoms with Crippen molar-refractivity contribution in [1.82, 2.24) is 0 Å². The highest BCUT2D eigenvalue weighted by Gasteiger charge is 2.32. The highest BCUT2D eigenvalue weighted by molar-refractivity contribution is 5.70. The quantitative estimate of drug-likeness (QED) is 0.270. The SMILES string of the molecule is C/C=C1\CC2CC(=O)OC(/C=C/C=C\C=C(/C)CC)CCOCCC3CCCC(CC(C1)O2)O3. The molecule has 5 nitrogen and oxygen atoms in total. The third kappa shape index (κ3) is 9.52. The molecule has 0 amide bonds. The van der Waals surface area contributed by atoms with Gasteiger partial charge in [0.2, 0.25) is 0 Å². The first-order valence-corrected chi connectivity index (χ1v) is 13.3. The molecule has 5 heteroatoms. The van der Waals surface area contributed by atoms with Crippen LogP contribution in [0.25, 0.3) is 0 Å². The summed E-state index contributed by atoms with van der Waals surface area (Å²) in [4.78, 5) is 12.8. The standard InChI is InChI=1S/C29H44O5/c1-4-22(3)10-7-6-8-11-25-15-17-31-16-14-24-12-9-13-26(32-24)20-27-18-23(5-2)19-28(33-27)21-29(30)34-25/h5-8,10-11,24-28H,4,9,12-21H2,1-3H3/b7-6-,11-8+,22-10+,23-5-. The van der Waals surface area contributed by atoms with Crippen LogP contribution in [0.4, 0.5) is 0 Å². The van der Waals surface area contributed by atoms with Crippen LogP contribution >= 0.6 is 0 Å². The highest BCUT2D eigenvalue weighted by Crippen LogP contribution is 2.32. The molecular formula is C29H44O5. The van der Waals surface area contributed by atoms with Crippen molar-refractivity contribution in [2.45, 2.75) is 115 Å². The zero-order chi connectivity index (χ0) is 24.2. The van der Waals surface area contributed by atoms with E-state index in [0.29, 0.717) is 19.6 Å². The topological polar surface area (TPSA) is 54.0 Å². The van der Waals surface area contributed by atoms with Crippen molar-refractivity contribution in [3.63, 3.8) is 0 Å². The number of ether oxygens (including phenoxy) is 4. The number of carbonyl (C=O) groups excluding carboxylic acids is 1. The molecule has 0 aromatic heterocycles. The number of fused-ring (bicyclic) bond motifs is 4. The van der Waals surface area contributed by atoms with Gasteiger partial charge in [0.1, 0.15) is 6.10 Å². The van der Waals surface area contributed by atoms with E-state index >= 15 is 0 Å². The summed E-state index contributed by atoms with van der Waals surface area (Å²) in [7, 11) is 0. The number of allylic oxidation sites excluding steroid dienone is 6.